The van der Waals surface area contributed by atoms with Crippen molar-refractivity contribution in [1.29, 1.82) is 0 Å². The molecule has 0 spiro atoms. The van der Waals surface area contributed by atoms with Crippen molar-refractivity contribution in [2.45, 2.75) is 0 Å². The topological polar surface area (TPSA) is 17.8 Å². The maximum atomic E-state index is 12.7. The van der Waals surface area contributed by atoms with Gasteiger partial charge in [-0.3, -0.25) is 0 Å². The van der Waals surface area contributed by atoms with Gasteiger partial charge < -0.3 is 0 Å². The monoisotopic (exact) mass is 161 g/mol. The van der Waals surface area contributed by atoms with Crippen LogP contribution >= 0.6 is 0 Å². The number of hydrogen-bond donors (Lipinski definition) is 0. The molecule has 1 aromatic heterocycles. The minimum absolute atomic E-state index is 0.261. The maximum absolute atomic E-state index is 12.7. The van der Waals surface area contributed by atoms with Crippen LogP contribution in [0.5, 0.6) is 0 Å². The van der Waals surface area contributed by atoms with Crippen LogP contribution in [0.4, 0.5) is 4.39 Å². The van der Waals surface area contributed by atoms with Crippen molar-refractivity contribution in [3.8, 4) is 5.69 Å². The largest absolute Gasteiger partial charge is 0.240 e. The van der Waals surface area contributed by atoms with E-state index in [0.29, 0.717) is 5.69 Å². The highest BCUT2D eigenvalue weighted by Crippen LogP contribution is 2.07. The lowest BCUT2D eigenvalue weighted by atomic mass is 10.3. The molecule has 0 bridgehead atoms. The van der Waals surface area contributed by atoms with Crippen molar-refractivity contribution in [3.05, 3.63) is 48.5 Å². The maximum Gasteiger partial charge on any atom is 0.125 e. The molecule has 1 heterocycles. The van der Waals surface area contributed by atoms with Crippen molar-refractivity contribution in [2.75, 3.05) is 0 Å². The average Bonchev–Trinajstić information content (AvgIpc) is 2.56. The van der Waals surface area contributed by atoms with Gasteiger partial charge in [0.1, 0.15) is 12.0 Å². The summed E-state index contributed by atoms with van der Waals surface area (Å²) in [6, 6.07) is 7.92. The van der Waals surface area contributed by atoms with Gasteiger partial charge in [0.25, 0.3) is 0 Å². The second-order valence-corrected chi connectivity index (χ2v) is 2.37. The summed E-state index contributed by atoms with van der Waals surface area (Å²) in [6.45, 7) is 0. The Morgan fingerprint density at radius 1 is 1.42 bits per heavy atom. The summed E-state index contributed by atoms with van der Waals surface area (Å²) in [5.74, 6) is -0.261. The molecule has 1 radical (unpaired) electrons. The molecule has 0 aliphatic rings. The van der Waals surface area contributed by atoms with Gasteiger partial charge in [0.05, 0.1) is 5.69 Å². The summed E-state index contributed by atoms with van der Waals surface area (Å²) in [5, 5.41) is 3.85. The van der Waals surface area contributed by atoms with Gasteiger partial charge in [-0.05, 0) is 24.3 Å². The van der Waals surface area contributed by atoms with Gasteiger partial charge in [0, 0.05) is 6.20 Å². The van der Waals surface area contributed by atoms with E-state index >= 15 is 0 Å². The highest BCUT2D eigenvalue weighted by molar-refractivity contribution is 5.30. The van der Waals surface area contributed by atoms with Gasteiger partial charge in [0.2, 0.25) is 0 Å². The fourth-order valence-electron chi connectivity index (χ4n) is 0.995. The Balaban J connectivity index is 2.48. The van der Waals surface area contributed by atoms with E-state index in [4.69, 9.17) is 0 Å². The Labute approximate surface area is 69.3 Å². The molecule has 3 heteroatoms. The van der Waals surface area contributed by atoms with Gasteiger partial charge in [-0.2, -0.15) is 5.10 Å². The van der Waals surface area contributed by atoms with Crippen LogP contribution in [-0.2, 0) is 0 Å². The normalized spacial score (nSPS) is 10.1. The van der Waals surface area contributed by atoms with Crippen LogP contribution in [0.2, 0.25) is 0 Å². The summed E-state index contributed by atoms with van der Waals surface area (Å²) in [4.78, 5) is 0. The summed E-state index contributed by atoms with van der Waals surface area (Å²) in [7, 11) is 0. The molecule has 0 aliphatic heterocycles. The molecular weight excluding hydrogens is 155 g/mol. The third kappa shape index (κ3) is 1.21. The van der Waals surface area contributed by atoms with E-state index in [1.54, 1.807) is 29.1 Å². The van der Waals surface area contributed by atoms with E-state index in [1.807, 2.05) is 0 Å². The first-order valence-corrected chi connectivity index (χ1v) is 3.54. The van der Waals surface area contributed by atoms with Crippen molar-refractivity contribution in [2.24, 2.45) is 0 Å². The van der Waals surface area contributed by atoms with Crippen LogP contribution in [0.15, 0.2) is 36.5 Å². The minimum Gasteiger partial charge on any atom is -0.240 e. The first kappa shape index (κ1) is 7.03. The Morgan fingerprint density at radius 2 is 2.33 bits per heavy atom. The average molecular weight is 161 g/mol. The van der Waals surface area contributed by atoms with Gasteiger partial charge in [-0.15, -0.1) is 0 Å². The molecular formula is C9H6FN2. The van der Waals surface area contributed by atoms with Crippen molar-refractivity contribution < 1.29 is 4.39 Å². The number of hydrogen-bond acceptors (Lipinski definition) is 1. The lowest BCUT2D eigenvalue weighted by Crippen LogP contribution is -1.93. The molecule has 0 unspecified atom stereocenters. The molecule has 2 aromatic rings. The zero-order valence-electron chi connectivity index (χ0n) is 6.24. The lowest BCUT2D eigenvalue weighted by molar-refractivity contribution is 0.625. The molecule has 0 saturated heterocycles. The van der Waals surface area contributed by atoms with Gasteiger partial charge in [0.15, 0.2) is 0 Å². The second-order valence-electron chi connectivity index (χ2n) is 2.37. The zero-order valence-corrected chi connectivity index (χ0v) is 6.24. The zero-order chi connectivity index (χ0) is 8.39. The van der Waals surface area contributed by atoms with E-state index in [0.717, 1.165) is 0 Å². The van der Waals surface area contributed by atoms with E-state index in [-0.39, 0.29) is 5.82 Å². The third-order valence-electron chi connectivity index (χ3n) is 1.53. The summed E-state index contributed by atoms with van der Waals surface area (Å²) < 4.78 is 14.3. The predicted molar refractivity (Wildman–Crippen MR) is 42.4 cm³/mol. The molecule has 0 atom stereocenters. The number of benzene rings is 1. The van der Waals surface area contributed by atoms with E-state index in [1.165, 1.54) is 12.1 Å². The summed E-state index contributed by atoms with van der Waals surface area (Å²) >= 11 is 0. The number of aromatic nitrogens is 2. The van der Waals surface area contributed by atoms with Crippen LogP contribution in [0.3, 0.4) is 0 Å². The number of halogens is 1. The van der Waals surface area contributed by atoms with E-state index < -0.39 is 0 Å². The molecule has 0 aliphatic carbocycles. The number of nitrogens with zero attached hydrogens (tertiary/aromatic N) is 2. The van der Waals surface area contributed by atoms with Crippen molar-refractivity contribution >= 4 is 0 Å². The summed E-state index contributed by atoms with van der Waals surface area (Å²) in [6.07, 6.45) is 4.36. The first-order chi connectivity index (χ1) is 5.86. The third-order valence-corrected chi connectivity index (χ3v) is 1.53. The summed E-state index contributed by atoms with van der Waals surface area (Å²) in [5.41, 5.74) is 0.705. The van der Waals surface area contributed by atoms with Gasteiger partial charge in [-0.25, -0.2) is 9.07 Å². The standard InChI is InChI=1S/C9H6FN2/c10-8-3-1-4-9(7-8)12-6-2-5-11-12/h1-4,6-7H. The fourth-order valence-corrected chi connectivity index (χ4v) is 0.995. The van der Waals surface area contributed by atoms with Crippen LogP contribution in [0.1, 0.15) is 0 Å². The lowest BCUT2D eigenvalue weighted by Gasteiger charge is -1.99. The Kier molecular flexibility index (Phi) is 1.63. The Hall–Kier alpha value is -1.64. The van der Waals surface area contributed by atoms with E-state index in [9.17, 15) is 4.39 Å². The SMILES string of the molecule is Fc1cccc(-n2cc[c]n2)c1. The quantitative estimate of drug-likeness (QED) is 0.623. The molecule has 12 heavy (non-hydrogen) atoms. The van der Waals surface area contributed by atoms with Crippen LogP contribution < -0.4 is 0 Å². The molecule has 2 rings (SSSR count). The molecule has 59 valence electrons. The molecule has 0 saturated carbocycles. The van der Waals surface area contributed by atoms with Gasteiger partial charge >= 0.3 is 0 Å². The van der Waals surface area contributed by atoms with Crippen LogP contribution in [0, 0.1) is 12.0 Å². The first-order valence-electron chi connectivity index (χ1n) is 3.54. The molecule has 0 fully saturated rings. The fraction of sp³-hybridized carbons (Fsp3) is 0. The number of rotatable bonds is 1. The Morgan fingerprint density at radius 3 is 3.00 bits per heavy atom. The molecule has 1 aromatic carbocycles. The van der Waals surface area contributed by atoms with Crippen LogP contribution in [0.25, 0.3) is 5.69 Å². The molecule has 0 N–H and O–H groups in total. The minimum atomic E-state index is -0.261. The second kappa shape index (κ2) is 2.77. The van der Waals surface area contributed by atoms with E-state index in [2.05, 4.69) is 11.3 Å². The molecule has 0 amide bonds. The van der Waals surface area contributed by atoms with Crippen molar-refractivity contribution in [1.82, 2.24) is 9.78 Å². The highest BCUT2D eigenvalue weighted by atomic mass is 19.1. The Bertz CT molecular complexity index is 368. The predicted octanol–water partition coefficient (Wildman–Crippen LogP) is 1.81. The smallest absolute Gasteiger partial charge is 0.125 e. The molecule has 2 nitrogen and oxygen atoms in total. The van der Waals surface area contributed by atoms with Crippen LogP contribution in [-0.4, -0.2) is 9.78 Å². The highest BCUT2D eigenvalue weighted by Gasteiger charge is 1.96. The van der Waals surface area contributed by atoms with Gasteiger partial charge in [-0.1, -0.05) is 6.07 Å². The van der Waals surface area contributed by atoms with Crippen molar-refractivity contribution in [3.63, 3.8) is 0 Å².